The highest BCUT2D eigenvalue weighted by Crippen LogP contribution is 2.22. The van der Waals surface area contributed by atoms with Crippen LogP contribution < -0.4 is 5.32 Å². The number of amides is 1. The predicted octanol–water partition coefficient (Wildman–Crippen LogP) is 3.00. The van der Waals surface area contributed by atoms with Gasteiger partial charge in [0.05, 0.1) is 12.6 Å². The Morgan fingerprint density at radius 2 is 1.96 bits per heavy atom. The number of aromatic nitrogens is 2. The minimum atomic E-state index is -0.162. The molecule has 1 amide bonds. The maximum atomic E-state index is 12.1. The summed E-state index contributed by atoms with van der Waals surface area (Å²) in [6, 6.07) is 9.25. The largest absolute Gasteiger partial charge is 0.338 e. The molecule has 6 heteroatoms. The molecule has 1 aromatic carbocycles. The van der Waals surface area contributed by atoms with Crippen LogP contribution in [0.15, 0.2) is 34.9 Å². The molecule has 6 nitrogen and oxygen atoms in total. The topological polar surface area (TPSA) is 71.3 Å². The molecule has 0 saturated heterocycles. The zero-order valence-corrected chi connectivity index (χ0v) is 14.3. The quantitative estimate of drug-likeness (QED) is 0.918. The number of hydrogen-bond donors (Lipinski definition) is 1. The van der Waals surface area contributed by atoms with Gasteiger partial charge >= 0.3 is 0 Å². The Morgan fingerprint density at radius 1 is 1.30 bits per heavy atom. The van der Waals surface area contributed by atoms with Crippen molar-refractivity contribution in [3.63, 3.8) is 0 Å². The summed E-state index contributed by atoms with van der Waals surface area (Å²) in [5, 5.41) is 6.89. The first kappa shape index (κ1) is 17.1. The van der Waals surface area contributed by atoms with E-state index in [1.807, 2.05) is 70.0 Å². The third-order valence-electron chi connectivity index (χ3n) is 3.58. The van der Waals surface area contributed by atoms with Crippen molar-refractivity contribution in [3.8, 4) is 0 Å². The third-order valence-corrected chi connectivity index (χ3v) is 3.58. The molecule has 0 bridgehead atoms. The summed E-state index contributed by atoms with van der Waals surface area (Å²) in [4.78, 5) is 18.4. The van der Waals surface area contributed by atoms with Crippen LogP contribution in [-0.4, -0.2) is 34.5 Å². The highest BCUT2D eigenvalue weighted by atomic mass is 16.5. The van der Waals surface area contributed by atoms with Crippen molar-refractivity contribution >= 4 is 11.6 Å². The maximum absolute atomic E-state index is 12.1. The van der Waals surface area contributed by atoms with Crippen LogP contribution in [0, 0.1) is 0 Å². The fourth-order valence-corrected chi connectivity index (χ4v) is 1.98. The van der Waals surface area contributed by atoms with Gasteiger partial charge in [-0.1, -0.05) is 44.1 Å². The maximum Gasteiger partial charge on any atom is 0.243 e. The number of nitrogens with one attached hydrogen (secondary N) is 1. The monoisotopic (exact) mass is 316 g/mol. The van der Waals surface area contributed by atoms with Gasteiger partial charge in [-0.25, -0.2) is 0 Å². The van der Waals surface area contributed by atoms with Gasteiger partial charge in [0, 0.05) is 11.1 Å². The average Bonchev–Trinajstić information content (AvgIpc) is 2.97. The first-order chi connectivity index (χ1) is 10.8. The molecule has 124 valence electrons. The summed E-state index contributed by atoms with van der Waals surface area (Å²) >= 11 is 0. The Kier molecular flexibility index (Phi) is 5.15. The molecule has 0 spiro atoms. The Hall–Kier alpha value is -2.21. The number of likely N-dealkylation sites (N-methyl/N-ethyl adjacent to an activating group) is 1. The van der Waals surface area contributed by atoms with E-state index in [2.05, 4.69) is 15.5 Å². The number of nitrogens with zero attached hydrogens (tertiary/aromatic N) is 3. The Bertz CT molecular complexity index is 646. The van der Waals surface area contributed by atoms with Crippen LogP contribution in [0.3, 0.4) is 0 Å². The van der Waals surface area contributed by atoms with E-state index < -0.39 is 0 Å². The molecule has 23 heavy (non-hydrogen) atoms. The standard InChI is InChI=1S/C17H24N4O2/c1-12(15-19-16(20-23-15)17(2,3)4)21(5)11-14(22)18-13-9-7-6-8-10-13/h6-10,12H,11H2,1-5H3,(H,18,22). The Balaban J connectivity index is 1.95. The lowest BCUT2D eigenvalue weighted by Crippen LogP contribution is -2.32. The molecular formula is C17H24N4O2. The number of rotatable bonds is 5. The third kappa shape index (κ3) is 4.63. The molecule has 0 aliphatic carbocycles. The molecule has 1 aromatic heterocycles. The van der Waals surface area contributed by atoms with Gasteiger partial charge in [-0.3, -0.25) is 9.69 Å². The molecule has 2 rings (SSSR count). The van der Waals surface area contributed by atoms with E-state index in [4.69, 9.17) is 4.52 Å². The number of benzene rings is 1. The van der Waals surface area contributed by atoms with Crippen molar-refractivity contribution in [2.75, 3.05) is 18.9 Å². The van der Waals surface area contributed by atoms with Gasteiger partial charge in [-0.05, 0) is 26.1 Å². The van der Waals surface area contributed by atoms with Crippen molar-refractivity contribution in [1.82, 2.24) is 15.0 Å². The van der Waals surface area contributed by atoms with Crippen LogP contribution in [0.25, 0.3) is 0 Å². The fraction of sp³-hybridized carbons (Fsp3) is 0.471. The van der Waals surface area contributed by atoms with Gasteiger partial charge in [-0.15, -0.1) is 0 Å². The molecule has 1 N–H and O–H groups in total. The van der Waals surface area contributed by atoms with E-state index in [0.29, 0.717) is 11.7 Å². The Labute approximate surface area is 136 Å². The van der Waals surface area contributed by atoms with Gasteiger partial charge in [-0.2, -0.15) is 4.98 Å². The summed E-state index contributed by atoms with van der Waals surface area (Å²) in [5.41, 5.74) is 0.622. The number of carbonyl (C=O) groups excluding carboxylic acids is 1. The van der Waals surface area contributed by atoms with E-state index in [9.17, 15) is 4.79 Å². The van der Waals surface area contributed by atoms with E-state index in [1.165, 1.54) is 0 Å². The lowest BCUT2D eigenvalue weighted by molar-refractivity contribution is -0.117. The average molecular weight is 316 g/mol. The van der Waals surface area contributed by atoms with Gasteiger partial charge < -0.3 is 9.84 Å². The molecule has 0 aliphatic rings. The summed E-state index contributed by atoms with van der Waals surface area (Å²) in [5.74, 6) is 1.10. The van der Waals surface area contributed by atoms with Crippen LogP contribution in [0.5, 0.6) is 0 Å². The fourth-order valence-electron chi connectivity index (χ4n) is 1.98. The minimum Gasteiger partial charge on any atom is -0.338 e. The number of para-hydroxylation sites is 1. The first-order valence-corrected chi connectivity index (χ1v) is 7.66. The summed E-state index contributed by atoms with van der Waals surface area (Å²) in [6.07, 6.45) is 0. The molecule has 1 unspecified atom stereocenters. The van der Waals surface area contributed by atoms with E-state index >= 15 is 0 Å². The Morgan fingerprint density at radius 3 is 2.52 bits per heavy atom. The van der Waals surface area contributed by atoms with Crippen LogP contribution in [0.4, 0.5) is 5.69 Å². The van der Waals surface area contributed by atoms with Gasteiger partial charge in [0.1, 0.15) is 0 Å². The SMILES string of the molecule is CC(c1nc(C(C)(C)C)no1)N(C)CC(=O)Nc1ccccc1. The predicted molar refractivity (Wildman–Crippen MR) is 89.1 cm³/mol. The highest BCUT2D eigenvalue weighted by Gasteiger charge is 2.25. The number of carbonyl (C=O) groups is 1. The molecule has 0 fully saturated rings. The van der Waals surface area contributed by atoms with E-state index in [1.54, 1.807) is 0 Å². The van der Waals surface area contributed by atoms with Crippen LogP contribution >= 0.6 is 0 Å². The van der Waals surface area contributed by atoms with E-state index in [-0.39, 0.29) is 23.9 Å². The second-order valence-corrected chi connectivity index (χ2v) is 6.71. The summed E-state index contributed by atoms with van der Waals surface area (Å²) in [6.45, 7) is 8.27. The van der Waals surface area contributed by atoms with Crippen molar-refractivity contribution < 1.29 is 9.32 Å². The smallest absolute Gasteiger partial charge is 0.243 e. The zero-order valence-electron chi connectivity index (χ0n) is 14.3. The number of hydrogen-bond acceptors (Lipinski definition) is 5. The molecule has 0 radical (unpaired) electrons. The van der Waals surface area contributed by atoms with Crippen molar-refractivity contribution in [2.24, 2.45) is 0 Å². The molecule has 1 atom stereocenters. The molecule has 0 aliphatic heterocycles. The summed E-state index contributed by atoms with van der Waals surface area (Å²) < 4.78 is 5.34. The first-order valence-electron chi connectivity index (χ1n) is 7.66. The second-order valence-electron chi connectivity index (χ2n) is 6.71. The molecule has 2 aromatic rings. The van der Waals surface area contributed by atoms with Crippen LogP contribution in [0.1, 0.15) is 45.5 Å². The minimum absolute atomic E-state index is 0.0823. The lowest BCUT2D eigenvalue weighted by Gasteiger charge is -2.21. The van der Waals surface area contributed by atoms with Crippen molar-refractivity contribution in [3.05, 3.63) is 42.0 Å². The van der Waals surface area contributed by atoms with Gasteiger partial charge in [0.2, 0.25) is 11.8 Å². The normalized spacial score (nSPS) is 13.1. The van der Waals surface area contributed by atoms with Gasteiger partial charge in [0.25, 0.3) is 0 Å². The zero-order chi connectivity index (χ0) is 17.0. The van der Waals surface area contributed by atoms with Crippen LogP contribution in [0.2, 0.25) is 0 Å². The van der Waals surface area contributed by atoms with Crippen molar-refractivity contribution in [1.29, 1.82) is 0 Å². The molecule has 0 saturated carbocycles. The molecule has 1 heterocycles. The highest BCUT2D eigenvalue weighted by molar-refractivity contribution is 5.92. The van der Waals surface area contributed by atoms with Crippen LogP contribution in [-0.2, 0) is 10.2 Å². The molecular weight excluding hydrogens is 292 g/mol. The van der Waals surface area contributed by atoms with E-state index in [0.717, 1.165) is 5.69 Å². The van der Waals surface area contributed by atoms with Crippen molar-refractivity contribution in [2.45, 2.75) is 39.2 Å². The number of anilines is 1. The second kappa shape index (κ2) is 6.91. The lowest BCUT2D eigenvalue weighted by atomic mass is 9.96. The summed E-state index contributed by atoms with van der Waals surface area (Å²) in [7, 11) is 1.86. The van der Waals surface area contributed by atoms with Gasteiger partial charge in [0.15, 0.2) is 5.82 Å².